The van der Waals surface area contributed by atoms with Gasteiger partial charge in [-0.2, -0.15) is 0 Å². The number of benzene rings is 2. The van der Waals surface area contributed by atoms with E-state index in [1.54, 1.807) is 25.6 Å². The van der Waals surface area contributed by atoms with Crippen LogP contribution >= 0.6 is 0 Å². The van der Waals surface area contributed by atoms with Gasteiger partial charge in [-0.3, -0.25) is 4.98 Å². The number of aryl methyl sites for hydroxylation is 2. The van der Waals surface area contributed by atoms with Crippen molar-refractivity contribution in [2.24, 2.45) is 7.05 Å². The summed E-state index contributed by atoms with van der Waals surface area (Å²) in [6.07, 6.45) is 4.00. The molecular formula is C31H35N5O3. The lowest BCUT2D eigenvalue weighted by molar-refractivity contribution is 0.0758. The third-order valence-corrected chi connectivity index (χ3v) is 7.93. The summed E-state index contributed by atoms with van der Waals surface area (Å²) in [5, 5.41) is 20.4. The lowest BCUT2D eigenvalue weighted by atomic mass is 9.91. The fourth-order valence-electron chi connectivity index (χ4n) is 5.94. The number of rotatable bonds is 6. The van der Waals surface area contributed by atoms with Gasteiger partial charge < -0.3 is 19.1 Å². The van der Waals surface area contributed by atoms with E-state index >= 15 is 0 Å². The number of fused-ring (bicyclic) bond motifs is 3. The minimum Gasteiger partial charge on any atom is -0.496 e. The van der Waals surface area contributed by atoms with Crippen LogP contribution in [0.1, 0.15) is 55.0 Å². The molecule has 6 rings (SSSR count). The van der Waals surface area contributed by atoms with E-state index < -0.39 is 5.60 Å². The van der Waals surface area contributed by atoms with E-state index in [0.717, 1.165) is 70.5 Å². The Labute approximate surface area is 228 Å². The Morgan fingerprint density at radius 2 is 1.90 bits per heavy atom. The van der Waals surface area contributed by atoms with Gasteiger partial charge in [0.1, 0.15) is 5.75 Å². The van der Waals surface area contributed by atoms with Gasteiger partial charge >= 0.3 is 0 Å². The minimum atomic E-state index is -1.07. The molecule has 0 amide bonds. The van der Waals surface area contributed by atoms with Crippen molar-refractivity contribution in [3.8, 4) is 17.0 Å². The van der Waals surface area contributed by atoms with Crippen LogP contribution in [-0.2, 0) is 23.9 Å². The Kier molecular flexibility index (Phi) is 6.40. The highest BCUT2D eigenvalue weighted by atomic mass is 16.5. The zero-order chi connectivity index (χ0) is 27.3. The fourth-order valence-corrected chi connectivity index (χ4v) is 5.94. The predicted molar refractivity (Wildman–Crippen MR) is 152 cm³/mol. The summed E-state index contributed by atoms with van der Waals surface area (Å²) in [6, 6.07) is 15.1. The second-order valence-corrected chi connectivity index (χ2v) is 11.1. The highest BCUT2D eigenvalue weighted by Gasteiger charge is 2.25. The van der Waals surface area contributed by atoms with Gasteiger partial charge in [0.05, 0.1) is 40.6 Å². The molecule has 39 heavy (non-hydrogen) atoms. The van der Waals surface area contributed by atoms with Gasteiger partial charge in [-0.05, 0) is 68.9 Å². The molecule has 1 saturated heterocycles. The molecule has 0 unspecified atom stereocenters. The monoisotopic (exact) mass is 525 g/mol. The van der Waals surface area contributed by atoms with Crippen molar-refractivity contribution in [3.05, 3.63) is 71.0 Å². The molecule has 1 fully saturated rings. The first-order chi connectivity index (χ1) is 18.7. The largest absolute Gasteiger partial charge is 0.496 e. The maximum Gasteiger partial charge on any atom is 0.125 e. The first-order valence-corrected chi connectivity index (χ1v) is 13.5. The molecule has 1 aliphatic rings. The molecule has 0 radical (unpaired) electrons. The molecule has 1 N–H and O–H groups in total. The lowest BCUT2D eigenvalue weighted by Crippen LogP contribution is -2.17. The summed E-state index contributed by atoms with van der Waals surface area (Å²) in [4.78, 5) is 4.95. The van der Waals surface area contributed by atoms with Crippen LogP contribution in [-0.4, -0.2) is 50.0 Å². The average Bonchev–Trinajstić information content (AvgIpc) is 3.43. The summed E-state index contributed by atoms with van der Waals surface area (Å²) in [7, 11) is 3.54. The molecule has 8 heteroatoms. The van der Waals surface area contributed by atoms with Gasteiger partial charge in [0.15, 0.2) is 0 Å². The van der Waals surface area contributed by atoms with Crippen molar-refractivity contribution in [2.45, 2.75) is 51.7 Å². The number of aliphatic hydroxyl groups is 1. The molecule has 0 bridgehead atoms. The summed E-state index contributed by atoms with van der Waals surface area (Å²) in [5.74, 6) is 1.17. The van der Waals surface area contributed by atoms with Crippen molar-refractivity contribution < 1.29 is 14.6 Å². The maximum atomic E-state index is 11.0. The van der Waals surface area contributed by atoms with E-state index in [1.807, 2.05) is 26.2 Å². The molecule has 0 saturated carbocycles. The summed E-state index contributed by atoms with van der Waals surface area (Å²) in [6.45, 7) is 7.85. The molecule has 2 aromatic carbocycles. The number of hydrogen-bond acceptors (Lipinski definition) is 6. The average molecular weight is 526 g/mol. The van der Waals surface area contributed by atoms with Crippen LogP contribution in [0.3, 0.4) is 0 Å². The van der Waals surface area contributed by atoms with Gasteiger partial charge in [-0.25, -0.2) is 4.68 Å². The molecule has 0 atom stereocenters. The van der Waals surface area contributed by atoms with Crippen LogP contribution in [0.25, 0.3) is 33.2 Å². The highest BCUT2D eigenvalue weighted by molar-refractivity contribution is 6.07. The Morgan fingerprint density at radius 1 is 1.10 bits per heavy atom. The van der Waals surface area contributed by atoms with Crippen molar-refractivity contribution in [1.29, 1.82) is 0 Å². The van der Waals surface area contributed by atoms with Gasteiger partial charge in [-0.1, -0.05) is 29.5 Å². The van der Waals surface area contributed by atoms with Crippen molar-refractivity contribution in [3.63, 3.8) is 0 Å². The zero-order valence-corrected chi connectivity index (χ0v) is 23.2. The number of aromatic nitrogens is 5. The number of methoxy groups -OCH3 is 1. The summed E-state index contributed by atoms with van der Waals surface area (Å²) < 4.78 is 15.4. The smallest absolute Gasteiger partial charge is 0.125 e. The van der Waals surface area contributed by atoms with Crippen LogP contribution in [0, 0.1) is 6.92 Å². The Bertz CT molecular complexity index is 1650. The first-order valence-electron chi connectivity index (χ1n) is 13.5. The van der Waals surface area contributed by atoms with Crippen LogP contribution in [0.5, 0.6) is 5.75 Å². The molecule has 202 valence electrons. The highest BCUT2D eigenvalue weighted by Crippen LogP contribution is 2.39. The van der Waals surface area contributed by atoms with Gasteiger partial charge in [0.25, 0.3) is 0 Å². The Balaban J connectivity index is 1.56. The molecule has 5 aromatic rings. The second-order valence-electron chi connectivity index (χ2n) is 11.1. The molecule has 4 heterocycles. The van der Waals surface area contributed by atoms with E-state index in [2.05, 4.69) is 51.3 Å². The minimum absolute atomic E-state index is 0.525. The van der Waals surface area contributed by atoms with Gasteiger partial charge in [0, 0.05) is 49.5 Å². The lowest BCUT2D eigenvalue weighted by Gasteiger charge is -2.23. The third kappa shape index (κ3) is 4.57. The number of pyridine rings is 1. The van der Waals surface area contributed by atoms with Gasteiger partial charge in [0.2, 0.25) is 0 Å². The molecule has 3 aromatic heterocycles. The molecular weight excluding hydrogens is 490 g/mol. The van der Waals surface area contributed by atoms with Crippen LogP contribution in [0.2, 0.25) is 0 Å². The summed E-state index contributed by atoms with van der Waals surface area (Å²) in [5.41, 5.74) is 7.93. The van der Waals surface area contributed by atoms with Crippen molar-refractivity contribution >= 4 is 21.9 Å². The molecule has 1 aliphatic heterocycles. The predicted octanol–water partition coefficient (Wildman–Crippen LogP) is 5.47. The quantitative estimate of drug-likeness (QED) is 0.316. The third-order valence-electron chi connectivity index (χ3n) is 7.93. The van der Waals surface area contributed by atoms with E-state index in [4.69, 9.17) is 14.5 Å². The maximum absolute atomic E-state index is 11.0. The van der Waals surface area contributed by atoms with E-state index in [1.165, 1.54) is 11.1 Å². The van der Waals surface area contributed by atoms with Crippen molar-refractivity contribution in [1.82, 2.24) is 24.5 Å². The topological polar surface area (TPSA) is 87.2 Å². The Hall–Kier alpha value is -3.75. The van der Waals surface area contributed by atoms with Crippen LogP contribution < -0.4 is 4.74 Å². The molecule has 0 aliphatic carbocycles. The number of ether oxygens (including phenoxy) is 2. The van der Waals surface area contributed by atoms with E-state index in [9.17, 15) is 5.11 Å². The van der Waals surface area contributed by atoms with E-state index in [0.29, 0.717) is 18.2 Å². The van der Waals surface area contributed by atoms with Gasteiger partial charge in [-0.15, -0.1) is 5.10 Å². The normalized spacial score (nSPS) is 14.9. The molecule has 8 nitrogen and oxygen atoms in total. The van der Waals surface area contributed by atoms with Crippen molar-refractivity contribution in [2.75, 3.05) is 20.3 Å². The second kappa shape index (κ2) is 9.77. The summed E-state index contributed by atoms with van der Waals surface area (Å²) >= 11 is 0. The Morgan fingerprint density at radius 3 is 2.59 bits per heavy atom. The zero-order valence-electron chi connectivity index (χ0n) is 23.2. The number of hydrogen-bond donors (Lipinski definition) is 1. The fraction of sp³-hybridized carbons (Fsp3) is 0.387. The standard InChI is InChI=1S/C31H35N5O3/c1-19-30(35(4)34-33-19)23-14-27-29(32-17-23)24-15-28(38-5)25(31(2,3)37)16-26(24)36(27)18-20-7-6-8-22(13-20)21-9-11-39-12-10-21/h6-8,13-17,21,37H,9-12,18H2,1-5H3. The first kappa shape index (κ1) is 25.5. The van der Waals surface area contributed by atoms with E-state index in [-0.39, 0.29) is 0 Å². The molecule has 0 spiro atoms. The van der Waals surface area contributed by atoms with Crippen LogP contribution in [0.4, 0.5) is 0 Å². The number of nitrogens with zero attached hydrogens (tertiary/aromatic N) is 5. The SMILES string of the molecule is COc1cc2c3ncc(-c4c(C)nnn4C)cc3n(Cc3cccc(C4CCOCC4)c3)c2cc1C(C)(C)O. The van der Waals surface area contributed by atoms with Crippen LogP contribution in [0.15, 0.2) is 48.7 Å².